The predicted octanol–water partition coefficient (Wildman–Crippen LogP) is 3.90. The Bertz CT molecular complexity index is 601. The van der Waals surface area contributed by atoms with E-state index in [0.717, 1.165) is 9.13 Å². The molecule has 0 atom stereocenters. The molecule has 18 heavy (non-hydrogen) atoms. The average Bonchev–Trinajstić information content (AvgIpc) is 2.32. The van der Waals surface area contributed by atoms with E-state index in [4.69, 9.17) is 11.6 Å². The summed E-state index contributed by atoms with van der Waals surface area (Å²) in [6, 6.07) is 8.95. The van der Waals surface area contributed by atoms with Crippen LogP contribution in [0.3, 0.4) is 0 Å². The van der Waals surface area contributed by atoms with Crippen molar-refractivity contribution in [2.45, 2.75) is 6.92 Å². The lowest BCUT2D eigenvalue weighted by molar-refractivity contribution is 0.102. The second kappa shape index (κ2) is 5.67. The number of nitrogens with zero attached hydrogens (tertiary/aromatic N) is 1. The third-order valence-electron chi connectivity index (χ3n) is 2.42. The van der Waals surface area contributed by atoms with Crippen LogP contribution in [-0.2, 0) is 0 Å². The highest BCUT2D eigenvalue weighted by Crippen LogP contribution is 2.19. The third kappa shape index (κ3) is 3.00. The Balaban J connectivity index is 2.25. The largest absolute Gasteiger partial charge is 0.322 e. The molecule has 0 unspecified atom stereocenters. The van der Waals surface area contributed by atoms with Gasteiger partial charge in [-0.15, -0.1) is 0 Å². The molecule has 1 aromatic carbocycles. The zero-order chi connectivity index (χ0) is 13.1. The predicted molar refractivity (Wildman–Crippen MR) is 81.1 cm³/mol. The van der Waals surface area contributed by atoms with Crippen molar-refractivity contribution >= 4 is 45.8 Å². The van der Waals surface area contributed by atoms with Crippen LogP contribution >= 0.6 is 34.2 Å². The molecule has 2 aromatic rings. The number of nitrogens with one attached hydrogen (secondary N) is 1. The number of hydrogen-bond acceptors (Lipinski definition) is 2. The lowest BCUT2D eigenvalue weighted by Crippen LogP contribution is -2.14. The van der Waals surface area contributed by atoms with Gasteiger partial charge in [0, 0.05) is 15.5 Å². The molecule has 0 aliphatic carbocycles. The molecule has 0 fully saturated rings. The van der Waals surface area contributed by atoms with Gasteiger partial charge < -0.3 is 5.32 Å². The first-order valence-corrected chi connectivity index (χ1v) is 6.71. The minimum absolute atomic E-state index is 0.148. The summed E-state index contributed by atoms with van der Waals surface area (Å²) in [5, 5.41) is 3.15. The van der Waals surface area contributed by atoms with Crippen LogP contribution in [0.15, 0.2) is 36.5 Å². The van der Waals surface area contributed by atoms with Gasteiger partial charge in [0.15, 0.2) is 0 Å². The van der Waals surface area contributed by atoms with Crippen LogP contribution in [0.2, 0.25) is 5.15 Å². The first-order valence-electron chi connectivity index (χ1n) is 5.26. The molecule has 1 N–H and O–H groups in total. The minimum Gasteiger partial charge on any atom is -0.322 e. The normalized spacial score (nSPS) is 10.2. The zero-order valence-corrected chi connectivity index (χ0v) is 12.5. The Hall–Kier alpha value is -1.14. The second-order valence-corrected chi connectivity index (χ2v) is 5.22. The first-order chi connectivity index (χ1) is 8.58. The molecule has 0 radical (unpaired) electrons. The highest BCUT2D eigenvalue weighted by atomic mass is 127. The van der Waals surface area contributed by atoms with Gasteiger partial charge in [0.2, 0.25) is 0 Å². The van der Waals surface area contributed by atoms with E-state index in [1.807, 2.05) is 19.1 Å². The van der Waals surface area contributed by atoms with Crippen molar-refractivity contribution in [3.63, 3.8) is 0 Å². The summed E-state index contributed by atoms with van der Waals surface area (Å²) in [6.45, 7) is 1.97. The summed E-state index contributed by atoms with van der Waals surface area (Å²) >= 11 is 7.94. The second-order valence-electron chi connectivity index (χ2n) is 3.76. The smallest absolute Gasteiger partial charge is 0.256 e. The SMILES string of the molecule is Cc1cccc(C(=O)Nc2ccnc(Cl)c2)c1I. The number of benzene rings is 1. The summed E-state index contributed by atoms with van der Waals surface area (Å²) in [6.07, 6.45) is 1.55. The molecule has 92 valence electrons. The van der Waals surface area contributed by atoms with Crippen LogP contribution in [0, 0.1) is 10.5 Å². The summed E-state index contributed by atoms with van der Waals surface area (Å²) in [5.74, 6) is -0.148. The van der Waals surface area contributed by atoms with Crippen LogP contribution in [0.4, 0.5) is 5.69 Å². The molecule has 0 saturated carbocycles. The van der Waals surface area contributed by atoms with Gasteiger partial charge in [0.25, 0.3) is 5.91 Å². The highest BCUT2D eigenvalue weighted by Gasteiger charge is 2.11. The number of rotatable bonds is 2. The Kier molecular flexibility index (Phi) is 4.19. The maximum absolute atomic E-state index is 12.1. The quantitative estimate of drug-likeness (QED) is 0.642. The molecular formula is C13H10ClIN2O. The van der Waals surface area contributed by atoms with Gasteiger partial charge in [-0.2, -0.15) is 0 Å². The van der Waals surface area contributed by atoms with Crippen molar-refractivity contribution in [1.82, 2.24) is 4.98 Å². The molecule has 2 rings (SSSR count). The summed E-state index contributed by atoms with van der Waals surface area (Å²) in [5.41, 5.74) is 2.37. The fraction of sp³-hybridized carbons (Fsp3) is 0.0769. The molecule has 0 spiro atoms. The van der Waals surface area contributed by atoms with Crippen molar-refractivity contribution < 1.29 is 4.79 Å². The molecule has 0 bridgehead atoms. The van der Waals surface area contributed by atoms with E-state index in [1.54, 1.807) is 24.4 Å². The summed E-state index contributed by atoms with van der Waals surface area (Å²) < 4.78 is 0.952. The van der Waals surface area contributed by atoms with Crippen molar-refractivity contribution in [2.75, 3.05) is 5.32 Å². The number of amides is 1. The number of hydrogen-bond donors (Lipinski definition) is 1. The molecule has 1 heterocycles. The van der Waals surface area contributed by atoms with Gasteiger partial charge in [0.05, 0.1) is 5.56 Å². The van der Waals surface area contributed by atoms with Gasteiger partial charge >= 0.3 is 0 Å². The number of halogens is 2. The van der Waals surface area contributed by atoms with Crippen molar-refractivity contribution in [3.8, 4) is 0 Å². The Morgan fingerprint density at radius 1 is 1.39 bits per heavy atom. The van der Waals surface area contributed by atoms with Crippen molar-refractivity contribution in [2.24, 2.45) is 0 Å². The van der Waals surface area contributed by atoms with Gasteiger partial charge in [-0.05, 0) is 53.3 Å². The molecule has 0 saturated heterocycles. The number of carbonyl (C=O) groups excluding carboxylic acids is 1. The van der Waals surface area contributed by atoms with E-state index in [-0.39, 0.29) is 5.91 Å². The first kappa shape index (κ1) is 13.3. The van der Waals surface area contributed by atoms with Gasteiger partial charge in [-0.1, -0.05) is 23.7 Å². The Morgan fingerprint density at radius 2 is 2.17 bits per heavy atom. The number of pyridine rings is 1. The fourth-order valence-electron chi connectivity index (χ4n) is 1.50. The lowest BCUT2D eigenvalue weighted by atomic mass is 10.1. The molecule has 0 aliphatic heterocycles. The molecule has 3 nitrogen and oxygen atoms in total. The van der Waals surface area contributed by atoms with Gasteiger partial charge in [-0.25, -0.2) is 4.98 Å². The topological polar surface area (TPSA) is 42.0 Å². The van der Waals surface area contributed by atoms with E-state index >= 15 is 0 Å². The number of aryl methyl sites for hydroxylation is 1. The van der Waals surface area contributed by atoms with Crippen LogP contribution in [0.5, 0.6) is 0 Å². The zero-order valence-electron chi connectivity index (χ0n) is 9.58. The van der Waals surface area contributed by atoms with E-state index in [9.17, 15) is 4.79 Å². The van der Waals surface area contributed by atoms with Gasteiger partial charge in [0.1, 0.15) is 5.15 Å². The lowest BCUT2D eigenvalue weighted by Gasteiger charge is -2.08. The maximum atomic E-state index is 12.1. The monoisotopic (exact) mass is 372 g/mol. The van der Waals surface area contributed by atoms with Crippen molar-refractivity contribution in [1.29, 1.82) is 0 Å². The summed E-state index contributed by atoms with van der Waals surface area (Å²) in [4.78, 5) is 16.0. The maximum Gasteiger partial charge on any atom is 0.256 e. The van der Waals surface area contributed by atoms with Gasteiger partial charge in [-0.3, -0.25) is 4.79 Å². The standard InChI is InChI=1S/C13H10ClIN2O/c1-8-3-2-4-10(12(8)15)13(18)17-9-5-6-16-11(14)7-9/h2-7H,1H3,(H,16,17,18). The van der Waals surface area contributed by atoms with E-state index in [1.165, 1.54) is 0 Å². The molecule has 1 amide bonds. The average molecular weight is 373 g/mol. The number of carbonyl (C=O) groups is 1. The van der Waals surface area contributed by atoms with Crippen LogP contribution < -0.4 is 5.32 Å². The highest BCUT2D eigenvalue weighted by molar-refractivity contribution is 14.1. The summed E-state index contributed by atoms with van der Waals surface area (Å²) in [7, 11) is 0. The van der Waals surface area contributed by atoms with Crippen LogP contribution in [0.1, 0.15) is 15.9 Å². The third-order valence-corrected chi connectivity index (χ3v) is 4.06. The Morgan fingerprint density at radius 3 is 2.89 bits per heavy atom. The molecular weight excluding hydrogens is 363 g/mol. The number of aromatic nitrogens is 1. The minimum atomic E-state index is -0.148. The molecule has 0 aliphatic rings. The molecule has 5 heteroatoms. The van der Waals surface area contributed by atoms with E-state index in [0.29, 0.717) is 16.4 Å². The fourth-order valence-corrected chi connectivity index (χ4v) is 2.28. The molecule has 1 aromatic heterocycles. The van der Waals surface area contributed by atoms with Crippen LogP contribution in [-0.4, -0.2) is 10.9 Å². The Labute approximate surface area is 124 Å². The van der Waals surface area contributed by atoms with E-state index < -0.39 is 0 Å². The van der Waals surface area contributed by atoms with Crippen molar-refractivity contribution in [3.05, 3.63) is 56.4 Å². The van der Waals surface area contributed by atoms with E-state index in [2.05, 4.69) is 32.9 Å². The van der Waals surface area contributed by atoms with Crippen LogP contribution in [0.25, 0.3) is 0 Å². The number of anilines is 1.